The zero-order valence-corrected chi connectivity index (χ0v) is 10.6. The number of nitrogens with two attached hydrogens (primary N) is 1. The molecule has 0 heterocycles. The van der Waals surface area contributed by atoms with Crippen molar-refractivity contribution in [2.24, 2.45) is 5.73 Å². The molecule has 16 heavy (non-hydrogen) atoms. The second-order valence-corrected chi connectivity index (χ2v) is 4.01. The summed E-state index contributed by atoms with van der Waals surface area (Å²) in [5.74, 6) is 0. The van der Waals surface area contributed by atoms with Crippen molar-refractivity contribution in [1.82, 2.24) is 15.8 Å². The largest absolute Gasteiger partial charge is 0.375 e. The van der Waals surface area contributed by atoms with Crippen molar-refractivity contribution in [1.29, 1.82) is 0 Å². The maximum Gasteiger partial charge on any atom is 0.187 e. The van der Waals surface area contributed by atoms with Crippen LogP contribution in [-0.2, 0) is 6.54 Å². The number of nitrogens with zero attached hydrogens (tertiary/aromatic N) is 1. The zero-order valence-electron chi connectivity index (χ0n) is 8.93. The van der Waals surface area contributed by atoms with E-state index in [2.05, 4.69) is 10.7 Å². The SMILES string of the molecule is CN(NC(N)=S)C(=S)NCc1ccccc1. The summed E-state index contributed by atoms with van der Waals surface area (Å²) in [5.41, 5.74) is 9.21. The van der Waals surface area contributed by atoms with Gasteiger partial charge in [0, 0.05) is 13.6 Å². The van der Waals surface area contributed by atoms with Crippen molar-refractivity contribution < 1.29 is 0 Å². The Balaban J connectivity index is 2.38. The van der Waals surface area contributed by atoms with E-state index in [1.807, 2.05) is 30.3 Å². The summed E-state index contributed by atoms with van der Waals surface area (Å²) in [5, 5.41) is 5.38. The van der Waals surface area contributed by atoms with Crippen LogP contribution in [0.2, 0.25) is 0 Å². The minimum atomic E-state index is 0.186. The Morgan fingerprint density at radius 3 is 2.50 bits per heavy atom. The van der Waals surface area contributed by atoms with Gasteiger partial charge < -0.3 is 11.1 Å². The van der Waals surface area contributed by atoms with Crippen LogP contribution in [0, 0.1) is 0 Å². The second-order valence-electron chi connectivity index (χ2n) is 3.18. The van der Waals surface area contributed by atoms with Crippen LogP contribution in [-0.4, -0.2) is 22.3 Å². The predicted octanol–water partition coefficient (Wildman–Crippen LogP) is 0.741. The van der Waals surface area contributed by atoms with E-state index in [0.29, 0.717) is 11.7 Å². The Kier molecular flexibility index (Phi) is 4.94. The molecular formula is C10H14N4S2. The van der Waals surface area contributed by atoms with Gasteiger partial charge in [0.15, 0.2) is 10.2 Å². The fraction of sp³-hybridized carbons (Fsp3) is 0.200. The first kappa shape index (κ1) is 12.7. The van der Waals surface area contributed by atoms with Crippen molar-refractivity contribution in [3.63, 3.8) is 0 Å². The number of hydrogen-bond acceptors (Lipinski definition) is 2. The minimum Gasteiger partial charge on any atom is -0.375 e. The fourth-order valence-corrected chi connectivity index (χ4v) is 1.36. The summed E-state index contributed by atoms with van der Waals surface area (Å²) >= 11 is 9.84. The third-order valence-corrected chi connectivity index (χ3v) is 2.38. The average molecular weight is 254 g/mol. The lowest BCUT2D eigenvalue weighted by Crippen LogP contribution is -2.49. The van der Waals surface area contributed by atoms with Gasteiger partial charge in [-0.05, 0) is 30.0 Å². The highest BCUT2D eigenvalue weighted by Gasteiger charge is 2.03. The third-order valence-electron chi connectivity index (χ3n) is 1.87. The maximum atomic E-state index is 5.33. The van der Waals surface area contributed by atoms with E-state index in [1.54, 1.807) is 12.1 Å². The Morgan fingerprint density at radius 1 is 1.31 bits per heavy atom. The van der Waals surface area contributed by atoms with E-state index in [4.69, 9.17) is 30.2 Å². The van der Waals surface area contributed by atoms with E-state index < -0.39 is 0 Å². The molecule has 1 aromatic carbocycles. The molecule has 0 fully saturated rings. The summed E-state index contributed by atoms with van der Waals surface area (Å²) in [4.78, 5) is 0. The van der Waals surface area contributed by atoms with Gasteiger partial charge in [-0.1, -0.05) is 30.3 Å². The van der Waals surface area contributed by atoms with Gasteiger partial charge in [0.1, 0.15) is 0 Å². The minimum absolute atomic E-state index is 0.186. The summed E-state index contributed by atoms with van der Waals surface area (Å²) in [6.07, 6.45) is 0. The molecule has 0 saturated heterocycles. The molecule has 1 aromatic rings. The van der Waals surface area contributed by atoms with Gasteiger partial charge in [-0.15, -0.1) is 0 Å². The molecule has 6 heteroatoms. The number of benzene rings is 1. The van der Waals surface area contributed by atoms with Gasteiger partial charge in [-0.2, -0.15) is 0 Å². The Labute approximate surface area is 106 Å². The van der Waals surface area contributed by atoms with Gasteiger partial charge in [-0.25, -0.2) is 0 Å². The first-order valence-corrected chi connectivity index (χ1v) is 5.53. The molecule has 0 saturated carbocycles. The second kappa shape index (κ2) is 6.24. The molecule has 0 aliphatic carbocycles. The van der Waals surface area contributed by atoms with Crippen molar-refractivity contribution in [2.45, 2.75) is 6.54 Å². The molecule has 0 aromatic heterocycles. The van der Waals surface area contributed by atoms with Crippen molar-refractivity contribution >= 4 is 34.7 Å². The molecule has 0 aliphatic rings. The van der Waals surface area contributed by atoms with Gasteiger partial charge in [0.25, 0.3) is 0 Å². The van der Waals surface area contributed by atoms with E-state index in [1.165, 1.54) is 0 Å². The molecule has 0 amide bonds. The van der Waals surface area contributed by atoms with Gasteiger partial charge in [0.05, 0.1) is 0 Å². The van der Waals surface area contributed by atoms with Crippen LogP contribution < -0.4 is 16.5 Å². The average Bonchev–Trinajstić information content (AvgIpc) is 2.26. The molecule has 0 spiro atoms. The highest BCUT2D eigenvalue weighted by Crippen LogP contribution is 1.97. The standard InChI is InChI=1S/C10H14N4S2/c1-14(13-9(11)15)10(16)12-7-8-5-3-2-4-6-8/h2-6H,7H2,1H3,(H,12,16)(H3,11,13,15). The normalized spacial score (nSPS) is 9.31. The van der Waals surface area contributed by atoms with Crippen LogP contribution in [0.4, 0.5) is 0 Å². The number of rotatable bonds is 2. The number of hydrazine groups is 1. The first-order chi connectivity index (χ1) is 7.59. The highest BCUT2D eigenvalue weighted by atomic mass is 32.1. The fourth-order valence-electron chi connectivity index (χ4n) is 1.11. The number of hydrogen-bond donors (Lipinski definition) is 3. The van der Waals surface area contributed by atoms with E-state index in [9.17, 15) is 0 Å². The van der Waals surface area contributed by atoms with Crippen LogP contribution in [0.5, 0.6) is 0 Å². The van der Waals surface area contributed by atoms with Crippen LogP contribution in [0.15, 0.2) is 30.3 Å². The monoisotopic (exact) mass is 254 g/mol. The van der Waals surface area contributed by atoms with Gasteiger partial charge in [0.2, 0.25) is 0 Å². The van der Waals surface area contributed by atoms with Crippen LogP contribution >= 0.6 is 24.4 Å². The topological polar surface area (TPSA) is 53.3 Å². The van der Waals surface area contributed by atoms with Gasteiger partial charge in [-0.3, -0.25) is 10.4 Å². The van der Waals surface area contributed by atoms with Crippen molar-refractivity contribution in [2.75, 3.05) is 7.05 Å². The lowest BCUT2D eigenvalue weighted by atomic mass is 10.2. The molecule has 0 radical (unpaired) electrons. The molecule has 86 valence electrons. The number of thiocarbonyl (C=S) groups is 2. The quantitative estimate of drug-likeness (QED) is 0.535. The number of nitrogens with one attached hydrogen (secondary N) is 2. The summed E-state index contributed by atoms with van der Waals surface area (Å²) in [7, 11) is 1.75. The summed E-state index contributed by atoms with van der Waals surface area (Å²) < 4.78 is 0. The molecule has 0 bridgehead atoms. The van der Waals surface area contributed by atoms with E-state index in [-0.39, 0.29) is 5.11 Å². The zero-order chi connectivity index (χ0) is 12.0. The molecule has 0 atom stereocenters. The molecule has 4 N–H and O–H groups in total. The summed E-state index contributed by atoms with van der Waals surface area (Å²) in [6.45, 7) is 0.670. The lowest BCUT2D eigenvalue weighted by molar-refractivity contribution is 0.448. The highest BCUT2D eigenvalue weighted by molar-refractivity contribution is 7.80. The van der Waals surface area contributed by atoms with E-state index >= 15 is 0 Å². The predicted molar refractivity (Wildman–Crippen MR) is 73.6 cm³/mol. The van der Waals surface area contributed by atoms with Crippen LogP contribution in [0.3, 0.4) is 0 Å². The van der Waals surface area contributed by atoms with Crippen molar-refractivity contribution in [3.05, 3.63) is 35.9 Å². The Morgan fingerprint density at radius 2 is 1.94 bits per heavy atom. The Bertz CT molecular complexity index is 366. The van der Waals surface area contributed by atoms with E-state index in [0.717, 1.165) is 5.56 Å². The van der Waals surface area contributed by atoms with Crippen LogP contribution in [0.1, 0.15) is 5.56 Å². The molecule has 4 nitrogen and oxygen atoms in total. The summed E-state index contributed by atoms with van der Waals surface area (Å²) in [6, 6.07) is 9.99. The van der Waals surface area contributed by atoms with Crippen molar-refractivity contribution in [3.8, 4) is 0 Å². The van der Waals surface area contributed by atoms with Crippen LogP contribution in [0.25, 0.3) is 0 Å². The third kappa shape index (κ3) is 4.41. The maximum absolute atomic E-state index is 5.33. The molecule has 0 unspecified atom stereocenters. The molecular weight excluding hydrogens is 240 g/mol. The molecule has 0 aliphatic heterocycles. The first-order valence-electron chi connectivity index (χ1n) is 4.71. The Hall–Kier alpha value is -1.40. The molecule has 1 rings (SSSR count). The van der Waals surface area contributed by atoms with Gasteiger partial charge >= 0.3 is 0 Å². The smallest absolute Gasteiger partial charge is 0.187 e. The lowest BCUT2D eigenvalue weighted by Gasteiger charge is -2.21.